The Balaban J connectivity index is 1.89. The maximum absolute atomic E-state index is 14.9. The van der Waals surface area contributed by atoms with Crippen molar-refractivity contribution in [3.63, 3.8) is 0 Å². The van der Waals surface area contributed by atoms with Gasteiger partial charge < -0.3 is 19.5 Å². The second-order valence-electron chi connectivity index (χ2n) is 6.73. The summed E-state index contributed by atoms with van der Waals surface area (Å²) in [7, 11) is 0. The van der Waals surface area contributed by atoms with Gasteiger partial charge in [-0.05, 0) is 19.9 Å². The zero-order valence-electron chi connectivity index (χ0n) is 15.1. The average molecular weight is 369 g/mol. The van der Waals surface area contributed by atoms with Crippen molar-refractivity contribution >= 4 is 11.9 Å². The summed E-state index contributed by atoms with van der Waals surface area (Å²) < 4.78 is 40.4. The summed E-state index contributed by atoms with van der Waals surface area (Å²) in [4.78, 5) is 1.74. The van der Waals surface area contributed by atoms with Crippen LogP contribution >= 0.6 is 0 Å². The zero-order chi connectivity index (χ0) is 18.7. The predicted octanol–water partition coefficient (Wildman–Crippen LogP) is 1.74. The largest absolute Gasteiger partial charge is 0.392 e. The standard InChI is InChI=1S/C18H25F2N3O3/c1-12-9-22(10-13(2)26-12)18-15(11-24)7-14(16(19)17(18)20)8-21-23-3-5-25-6-4-23/h7-8,12-13,24H,3-6,9-11H2,1-2H3/b21-8-/t12-,13+. The lowest BCUT2D eigenvalue weighted by Crippen LogP contribution is -2.46. The second-order valence-corrected chi connectivity index (χ2v) is 6.73. The van der Waals surface area contributed by atoms with E-state index in [2.05, 4.69) is 5.10 Å². The van der Waals surface area contributed by atoms with Crippen molar-refractivity contribution in [1.29, 1.82) is 0 Å². The van der Waals surface area contributed by atoms with E-state index in [0.29, 0.717) is 45.0 Å². The van der Waals surface area contributed by atoms with Gasteiger partial charge in [0.1, 0.15) is 0 Å². The normalized spacial score (nSPS) is 24.5. The fourth-order valence-corrected chi connectivity index (χ4v) is 3.42. The van der Waals surface area contributed by atoms with E-state index in [4.69, 9.17) is 9.47 Å². The Labute approximate surface area is 152 Å². The molecule has 1 N–H and O–H groups in total. The van der Waals surface area contributed by atoms with E-state index < -0.39 is 11.6 Å². The fourth-order valence-electron chi connectivity index (χ4n) is 3.42. The van der Waals surface area contributed by atoms with Gasteiger partial charge in [0.2, 0.25) is 0 Å². The van der Waals surface area contributed by atoms with Gasteiger partial charge >= 0.3 is 0 Å². The van der Waals surface area contributed by atoms with Gasteiger partial charge in [-0.2, -0.15) is 5.10 Å². The molecule has 1 aromatic rings. The van der Waals surface area contributed by atoms with Gasteiger partial charge in [0, 0.05) is 24.2 Å². The third-order valence-electron chi connectivity index (χ3n) is 4.54. The number of nitrogens with zero attached hydrogens (tertiary/aromatic N) is 3. The van der Waals surface area contributed by atoms with Crippen LogP contribution in [-0.4, -0.2) is 67.9 Å². The van der Waals surface area contributed by atoms with Crippen molar-refractivity contribution in [2.24, 2.45) is 5.10 Å². The van der Waals surface area contributed by atoms with E-state index in [1.165, 1.54) is 12.3 Å². The van der Waals surface area contributed by atoms with Crippen LogP contribution in [0.4, 0.5) is 14.5 Å². The first-order valence-electron chi connectivity index (χ1n) is 8.88. The van der Waals surface area contributed by atoms with Crippen LogP contribution in [0.3, 0.4) is 0 Å². The van der Waals surface area contributed by atoms with Gasteiger partial charge in [-0.1, -0.05) is 0 Å². The van der Waals surface area contributed by atoms with Gasteiger partial charge in [-0.15, -0.1) is 0 Å². The van der Waals surface area contributed by atoms with Crippen molar-refractivity contribution in [1.82, 2.24) is 5.01 Å². The molecule has 1 aromatic carbocycles. The van der Waals surface area contributed by atoms with E-state index in [1.807, 2.05) is 13.8 Å². The number of aliphatic hydroxyl groups excluding tert-OH is 1. The fraction of sp³-hybridized carbons (Fsp3) is 0.611. The van der Waals surface area contributed by atoms with Gasteiger partial charge in [0.05, 0.1) is 57.0 Å². The Morgan fingerprint density at radius 2 is 1.85 bits per heavy atom. The molecule has 2 saturated heterocycles. The van der Waals surface area contributed by atoms with Crippen LogP contribution in [0, 0.1) is 11.6 Å². The first-order valence-corrected chi connectivity index (χ1v) is 8.88. The van der Waals surface area contributed by atoms with Crippen LogP contribution < -0.4 is 4.90 Å². The molecule has 0 saturated carbocycles. The minimum absolute atomic E-state index is 0.0242. The number of aliphatic hydroxyl groups is 1. The summed E-state index contributed by atoms with van der Waals surface area (Å²) in [5.41, 5.74) is 0.472. The highest BCUT2D eigenvalue weighted by molar-refractivity contribution is 5.82. The minimum Gasteiger partial charge on any atom is -0.392 e. The minimum atomic E-state index is -0.957. The quantitative estimate of drug-likeness (QED) is 0.820. The summed E-state index contributed by atoms with van der Waals surface area (Å²) in [5.74, 6) is -1.91. The molecule has 0 radical (unpaired) electrons. The summed E-state index contributed by atoms with van der Waals surface area (Å²) in [5, 5.41) is 15.7. The molecule has 0 aromatic heterocycles. The third kappa shape index (κ3) is 4.13. The molecule has 2 heterocycles. The monoisotopic (exact) mass is 369 g/mol. The van der Waals surface area contributed by atoms with Crippen molar-refractivity contribution in [3.8, 4) is 0 Å². The molecule has 0 bridgehead atoms. The van der Waals surface area contributed by atoms with Crippen molar-refractivity contribution in [2.75, 3.05) is 44.3 Å². The molecule has 6 nitrogen and oxygen atoms in total. The molecule has 144 valence electrons. The van der Waals surface area contributed by atoms with E-state index >= 15 is 0 Å². The number of hydrogen-bond acceptors (Lipinski definition) is 6. The third-order valence-corrected chi connectivity index (χ3v) is 4.54. The van der Waals surface area contributed by atoms with Crippen LogP contribution in [0.1, 0.15) is 25.0 Å². The van der Waals surface area contributed by atoms with Crippen molar-refractivity contribution in [2.45, 2.75) is 32.7 Å². The molecule has 2 aliphatic rings. The molecular weight excluding hydrogens is 344 g/mol. The maximum atomic E-state index is 14.9. The van der Waals surface area contributed by atoms with E-state index in [0.717, 1.165) is 0 Å². The first-order chi connectivity index (χ1) is 12.5. The lowest BCUT2D eigenvalue weighted by molar-refractivity contribution is -0.00554. The van der Waals surface area contributed by atoms with Gasteiger partial charge in [0.25, 0.3) is 0 Å². The Bertz CT molecular complexity index is 656. The molecule has 0 unspecified atom stereocenters. The molecule has 2 atom stereocenters. The van der Waals surface area contributed by atoms with E-state index in [9.17, 15) is 13.9 Å². The Morgan fingerprint density at radius 1 is 1.19 bits per heavy atom. The predicted molar refractivity (Wildman–Crippen MR) is 94.5 cm³/mol. The number of morpholine rings is 2. The number of hydrogen-bond donors (Lipinski definition) is 1. The van der Waals surface area contributed by atoms with Crippen LogP contribution in [0.5, 0.6) is 0 Å². The summed E-state index contributed by atoms with van der Waals surface area (Å²) in [6, 6.07) is 1.46. The summed E-state index contributed by atoms with van der Waals surface area (Å²) in [6.07, 6.45) is 1.10. The first kappa shape index (κ1) is 19.0. The summed E-state index contributed by atoms with van der Waals surface area (Å²) >= 11 is 0. The topological polar surface area (TPSA) is 57.5 Å². The van der Waals surface area contributed by atoms with Gasteiger partial charge in [-0.25, -0.2) is 8.78 Å². The molecule has 0 amide bonds. The molecule has 0 aliphatic carbocycles. The van der Waals surface area contributed by atoms with E-state index in [1.54, 1.807) is 9.91 Å². The number of anilines is 1. The average Bonchev–Trinajstić information content (AvgIpc) is 2.62. The number of benzene rings is 1. The highest BCUT2D eigenvalue weighted by atomic mass is 19.2. The van der Waals surface area contributed by atoms with Crippen molar-refractivity contribution in [3.05, 3.63) is 28.8 Å². The highest BCUT2D eigenvalue weighted by Crippen LogP contribution is 2.31. The molecule has 3 rings (SSSR count). The number of halogens is 2. The Kier molecular flexibility index (Phi) is 6.05. The highest BCUT2D eigenvalue weighted by Gasteiger charge is 2.28. The summed E-state index contributed by atoms with van der Waals surface area (Å²) in [6.45, 7) is 6.60. The number of hydrazone groups is 1. The molecule has 2 aliphatic heterocycles. The zero-order valence-corrected chi connectivity index (χ0v) is 15.1. The van der Waals surface area contributed by atoms with Crippen LogP contribution in [0.15, 0.2) is 11.2 Å². The van der Waals surface area contributed by atoms with Crippen LogP contribution in [0.25, 0.3) is 0 Å². The second kappa shape index (κ2) is 8.28. The van der Waals surface area contributed by atoms with Crippen LogP contribution in [-0.2, 0) is 16.1 Å². The molecule has 0 spiro atoms. The number of ether oxygens (including phenoxy) is 2. The molecule has 26 heavy (non-hydrogen) atoms. The Morgan fingerprint density at radius 3 is 2.46 bits per heavy atom. The molecule has 8 heteroatoms. The lowest BCUT2D eigenvalue weighted by atomic mass is 10.1. The molecule has 2 fully saturated rings. The molecular formula is C18H25F2N3O3. The Hall–Kier alpha value is -1.77. The van der Waals surface area contributed by atoms with Crippen molar-refractivity contribution < 1.29 is 23.4 Å². The SMILES string of the molecule is C[C@@H]1CN(c2c(CO)cc(/C=N\N3CCOCC3)c(F)c2F)C[C@H](C)O1. The van der Waals surface area contributed by atoms with E-state index in [-0.39, 0.29) is 30.1 Å². The number of rotatable bonds is 4. The van der Waals surface area contributed by atoms with Gasteiger partial charge in [-0.3, -0.25) is 5.01 Å². The smallest absolute Gasteiger partial charge is 0.183 e. The maximum Gasteiger partial charge on any atom is 0.183 e. The lowest BCUT2D eigenvalue weighted by Gasteiger charge is -2.38. The van der Waals surface area contributed by atoms with Gasteiger partial charge in [0.15, 0.2) is 11.6 Å². The van der Waals surface area contributed by atoms with Crippen LogP contribution in [0.2, 0.25) is 0 Å².